The third-order valence-electron chi connectivity index (χ3n) is 1.60. The fourth-order valence-corrected chi connectivity index (χ4v) is 0.629. The molecule has 0 heterocycles. The van der Waals surface area contributed by atoms with Crippen LogP contribution in [0.1, 0.15) is 13.3 Å². The van der Waals surface area contributed by atoms with Crippen molar-refractivity contribution in [3.05, 3.63) is 12.2 Å². The fourth-order valence-electron chi connectivity index (χ4n) is 0.629. The van der Waals surface area contributed by atoms with Crippen LogP contribution in [0.3, 0.4) is 0 Å². The Balaban J connectivity index is 3.81. The molecule has 0 aromatic carbocycles. The average molecular weight is 175 g/mol. The maximum absolute atomic E-state index is 9.18. The highest BCUT2D eigenvalue weighted by molar-refractivity contribution is 4.96. The van der Waals surface area contributed by atoms with Crippen LogP contribution in [0.4, 0.5) is 0 Å². The van der Waals surface area contributed by atoms with Gasteiger partial charge in [-0.25, -0.2) is 0 Å². The van der Waals surface area contributed by atoms with Crippen molar-refractivity contribution in [3.8, 4) is 0 Å². The van der Waals surface area contributed by atoms with Crippen molar-refractivity contribution in [2.45, 2.75) is 31.6 Å². The highest BCUT2D eigenvalue weighted by atomic mass is 16.3. The monoisotopic (exact) mass is 175 g/mol. The molecular weight excluding hydrogens is 158 g/mol. The number of rotatable bonds is 5. The molecule has 12 heavy (non-hydrogen) atoms. The van der Waals surface area contributed by atoms with E-state index in [1.807, 2.05) is 6.92 Å². The normalized spacial score (nSPS) is 19.4. The van der Waals surface area contributed by atoms with Crippen molar-refractivity contribution in [1.29, 1.82) is 0 Å². The van der Waals surface area contributed by atoms with Gasteiger partial charge in [0, 0.05) is 0 Å². The fraction of sp³-hybridized carbons (Fsp3) is 0.750. The Morgan fingerprint density at radius 3 is 2.33 bits per heavy atom. The summed E-state index contributed by atoms with van der Waals surface area (Å²) in [6.07, 6.45) is 2.02. The van der Waals surface area contributed by atoms with Crippen LogP contribution >= 0.6 is 0 Å². The van der Waals surface area contributed by atoms with Gasteiger partial charge in [-0.3, -0.25) is 0 Å². The minimum absolute atomic E-state index is 0.270. The molecule has 4 nitrogen and oxygen atoms in total. The van der Waals surface area contributed by atoms with E-state index in [-0.39, 0.29) is 6.61 Å². The zero-order valence-electron chi connectivity index (χ0n) is 7.22. The summed E-state index contributed by atoms with van der Waals surface area (Å²) in [7, 11) is 0. The number of hydrogen-bond donors (Lipinski definition) is 4. The highest BCUT2D eigenvalue weighted by Crippen LogP contribution is 1.96. The molecule has 0 radical (unpaired) electrons. The molecule has 0 aliphatic heterocycles. The van der Waals surface area contributed by atoms with Crippen molar-refractivity contribution in [2.75, 3.05) is 6.61 Å². The molecule has 3 atom stereocenters. The summed E-state index contributed by atoms with van der Waals surface area (Å²) in [5.74, 6) is 0. The number of aliphatic hydroxyl groups is 3. The molecule has 0 aliphatic carbocycles. The molecule has 0 aromatic rings. The van der Waals surface area contributed by atoms with E-state index in [2.05, 4.69) is 0 Å². The van der Waals surface area contributed by atoms with Gasteiger partial charge in [-0.2, -0.15) is 0 Å². The summed E-state index contributed by atoms with van der Waals surface area (Å²) in [6.45, 7) is 1.56. The van der Waals surface area contributed by atoms with Gasteiger partial charge in [-0.1, -0.05) is 19.1 Å². The van der Waals surface area contributed by atoms with Gasteiger partial charge < -0.3 is 21.1 Å². The van der Waals surface area contributed by atoms with Gasteiger partial charge in [0.1, 0.15) is 0 Å². The van der Waals surface area contributed by atoms with Crippen LogP contribution in [0.2, 0.25) is 0 Å². The summed E-state index contributed by atoms with van der Waals surface area (Å²) in [6, 6.07) is -0.676. The Bertz CT molecular complexity index is 138. The maximum Gasteiger partial charge on any atom is 0.0895 e. The first-order valence-corrected chi connectivity index (χ1v) is 4.02. The van der Waals surface area contributed by atoms with Crippen molar-refractivity contribution >= 4 is 0 Å². The van der Waals surface area contributed by atoms with Crippen LogP contribution in [0, 0.1) is 0 Å². The third kappa shape index (κ3) is 4.46. The maximum atomic E-state index is 9.18. The molecule has 0 fully saturated rings. The second-order valence-corrected chi connectivity index (χ2v) is 2.70. The smallest absolute Gasteiger partial charge is 0.0895 e. The molecule has 0 saturated carbocycles. The quantitative estimate of drug-likeness (QED) is 0.403. The molecular formula is C8H17NO3. The van der Waals surface area contributed by atoms with Gasteiger partial charge in [0.15, 0.2) is 0 Å². The van der Waals surface area contributed by atoms with Crippen molar-refractivity contribution < 1.29 is 15.3 Å². The first-order chi connectivity index (χ1) is 5.61. The predicted molar refractivity (Wildman–Crippen MR) is 46.5 cm³/mol. The molecule has 5 N–H and O–H groups in total. The topological polar surface area (TPSA) is 86.7 Å². The zero-order valence-corrected chi connectivity index (χ0v) is 7.22. The molecule has 0 aromatic heterocycles. The third-order valence-corrected chi connectivity index (χ3v) is 1.60. The summed E-state index contributed by atoms with van der Waals surface area (Å²) in [5.41, 5.74) is 5.31. The predicted octanol–water partition coefficient (Wildman–Crippen LogP) is -1.01. The highest BCUT2D eigenvalue weighted by Gasteiger charge is 2.09. The van der Waals surface area contributed by atoms with Crippen molar-refractivity contribution in [2.24, 2.45) is 5.73 Å². The van der Waals surface area contributed by atoms with Gasteiger partial charge in [0.2, 0.25) is 0 Å². The zero-order chi connectivity index (χ0) is 9.56. The van der Waals surface area contributed by atoms with Gasteiger partial charge >= 0.3 is 0 Å². The van der Waals surface area contributed by atoms with Crippen LogP contribution in [-0.2, 0) is 0 Å². The van der Waals surface area contributed by atoms with Gasteiger partial charge in [-0.05, 0) is 6.42 Å². The van der Waals surface area contributed by atoms with Crippen molar-refractivity contribution in [3.63, 3.8) is 0 Å². The summed E-state index contributed by atoms with van der Waals surface area (Å²) in [4.78, 5) is 0. The van der Waals surface area contributed by atoms with E-state index in [4.69, 9.17) is 15.9 Å². The number of aliphatic hydroxyl groups excluding tert-OH is 3. The van der Waals surface area contributed by atoms with Crippen LogP contribution in [0.5, 0.6) is 0 Å². The van der Waals surface area contributed by atoms with E-state index >= 15 is 0 Å². The van der Waals surface area contributed by atoms with E-state index in [1.54, 1.807) is 0 Å². The Labute approximate surface area is 72.3 Å². The summed E-state index contributed by atoms with van der Waals surface area (Å²) < 4.78 is 0. The summed E-state index contributed by atoms with van der Waals surface area (Å²) in [5, 5.41) is 26.8. The van der Waals surface area contributed by atoms with Crippen LogP contribution in [0.25, 0.3) is 0 Å². The van der Waals surface area contributed by atoms with E-state index < -0.39 is 18.2 Å². The summed E-state index contributed by atoms with van der Waals surface area (Å²) >= 11 is 0. The lowest BCUT2D eigenvalue weighted by molar-refractivity contribution is 0.142. The van der Waals surface area contributed by atoms with Crippen LogP contribution in [0.15, 0.2) is 12.2 Å². The molecule has 72 valence electrons. The van der Waals surface area contributed by atoms with E-state index in [9.17, 15) is 5.11 Å². The van der Waals surface area contributed by atoms with E-state index in [0.29, 0.717) is 6.42 Å². The second-order valence-electron chi connectivity index (χ2n) is 2.70. The van der Waals surface area contributed by atoms with E-state index in [0.717, 1.165) is 0 Å². The Hall–Kier alpha value is -0.420. The van der Waals surface area contributed by atoms with Gasteiger partial charge in [-0.15, -0.1) is 0 Å². The molecule has 4 heteroatoms. The minimum atomic E-state index is -0.892. The molecule has 0 rings (SSSR count). The average Bonchev–Trinajstić information content (AvgIpc) is 2.11. The number of hydrogen-bond acceptors (Lipinski definition) is 4. The molecule has 0 aliphatic rings. The van der Waals surface area contributed by atoms with E-state index in [1.165, 1.54) is 12.2 Å². The molecule has 0 amide bonds. The Kier molecular flexibility index (Phi) is 5.92. The van der Waals surface area contributed by atoms with Crippen LogP contribution in [-0.4, -0.2) is 40.2 Å². The number of nitrogens with two attached hydrogens (primary N) is 1. The molecule has 0 saturated heterocycles. The molecule has 0 bridgehead atoms. The van der Waals surface area contributed by atoms with Crippen molar-refractivity contribution in [1.82, 2.24) is 0 Å². The Morgan fingerprint density at radius 1 is 1.33 bits per heavy atom. The lowest BCUT2D eigenvalue weighted by Crippen LogP contribution is -2.36. The van der Waals surface area contributed by atoms with Crippen LogP contribution < -0.4 is 5.73 Å². The standard InChI is InChI=1S/C8H17NO3/c1-2-6(11)3-4-8(12)7(9)5-10/h3-4,6-8,10-12H,2,5,9H2,1H3. The minimum Gasteiger partial charge on any atom is -0.395 e. The molecule has 3 unspecified atom stereocenters. The lowest BCUT2D eigenvalue weighted by atomic mass is 10.1. The van der Waals surface area contributed by atoms with Gasteiger partial charge in [0.05, 0.1) is 24.9 Å². The first kappa shape index (κ1) is 11.6. The Morgan fingerprint density at radius 2 is 1.92 bits per heavy atom. The second kappa shape index (κ2) is 6.14. The molecule has 0 spiro atoms. The lowest BCUT2D eigenvalue weighted by Gasteiger charge is -2.12. The first-order valence-electron chi connectivity index (χ1n) is 4.02. The largest absolute Gasteiger partial charge is 0.395 e. The SMILES string of the molecule is CCC(O)C=CC(O)C(N)CO. The van der Waals surface area contributed by atoms with Gasteiger partial charge in [0.25, 0.3) is 0 Å².